The van der Waals surface area contributed by atoms with Gasteiger partial charge in [-0.2, -0.15) is 0 Å². The van der Waals surface area contributed by atoms with E-state index in [0.717, 1.165) is 5.56 Å². The number of H-pyrrole nitrogens is 1. The molecule has 20 heavy (non-hydrogen) atoms. The third-order valence-corrected chi connectivity index (χ3v) is 2.92. The summed E-state index contributed by atoms with van der Waals surface area (Å²) in [6, 6.07) is 3.98. The lowest BCUT2D eigenvalue weighted by Gasteiger charge is -2.07. The number of ether oxygens (including phenoxy) is 1. The third kappa shape index (κ3) is 2.89. The fourth-order valence-electron chi connectivity index (χ4n) is 1.99. The van der Waals surface area contributed by atoms with E-state index in [1.54, 1.807) is 18.3 Å². The van der Waals surface area contributed by atoms with Crippen molar-refractivity contribution in [3.05, 3.63) is 40.1 Å². The second-order valence-corrected chi connectivity index (χ2v) is 4.10. The van der Waals surface area contributed by atoms with Gasteiger partial charge in [0.25, 0.3) is 5.69 Å². The lowest BCUT2D eigenvalue weighted by molar-refractivity contribution is -0.383. The lowest BCUT2D eigenvalue weighted by Crippen LogP contribution is -2.33. The van der Waals surface area contributed by atoms with Gasteiger partial charge in [-0.3, -0.25) is 14.9 Å². The van der Waals surface area contributed by atoms with E-state index in [-0.39, 0.29) is 24.5 Å². The van der Waals surface area contributed by atoms with Crippen molar-refractivity contribution < 1.29 is 14.5 Å². The summed E-state index contributed by atoms with van der Waals surface area (Å²) < 4.78 is 4.55. The summed E-state index contributed by atoms with van der Waals surface area (Å²) in [5, 5.41) is 11.6. The number of fused-ring (bicyclic) bond motifs is 1. The predicted octanol–water partition coefficient (Wildman–Crippen LogP) is 1.54. The van der Waals surface area contributed by atoms with Gasteiger partial charge >= 0.3 is 5.97 Å². The quantitative estimate of drug-likeness (QED) is 0.505. The van der Waals surface area contributed by atoms with E-state index in [9.17, 15) is 14.9 Å². The minimum atomic E-state index is -0.789. The topological polar surface area (TPSA) is 111 Å². The summed E-state index contributed by atoms with van der Waals surface area (Å²) in [7, 11) is 1.27. The van der Waals surface area contributed by atoms with Gasteiger partial charge in [0.15, 0.2) is 0 Å². The van der Waals surface area contributed by atoms with Crippen LogP contribution in [0.4, 0.5) is 5.69 Å². The minimum Gasteiger partial charge on any atom is -0.468 e. The summed E-state index contributed by atoms with van der Waals surface area (Å²) in [6.07, 6.45) is 1.88. The first kappa shape index (κ1) is 15.9. The molecule has 3 N–H and O–H groups in total. The molecule has 7 nitrogen and oxygen atoms in total. The molecule has 0 radical (unpaired) electrons. The van der Waals surface area contributed by atoms with Gasteiger partial charge in [-0.1, -0.05) is 12.1 Å². The molecule has 0 aliphatic heterocycles. The molecule has 0 saturated heterocycles. The maximum Gasteiger partial charge on any atom is 0.322 e. The van der Waals surface area contributed by atoms with Crippen molar-refractivity contribution in [3.63, 3.8) is 0 Å². The number of nitrogens with two attached hydrogens (primary N) is 1. The van der Waals surface area contributed by atoms with Crippen LogP contribution in [0.3, 0.4) is 0 Å². The van der Waals surface area contributed by atoms with Crippen LogP contribution in [0.2, 0.25) is 0 Å². The van der Waals surface area contributed by atoms with Crippen molar-refractivity contribution >= 4 is 35.0 Å². The summed E-state index contributed by atoms with van der Waals surface area (Å²) in [5.74, 6) is -0.514. The largest absolute Gasteiger partial charge is 0.468 e. The van der Waals surface area contributed by atoms with Gasteiger partial charge in [-0.25, -0.2) is 0 Å². The summed E-state index contributed by atoms with van der Waals surface area (Å²) in [5.41, 5.74) is 6.86. The highest BCUT2D eigenvalue weighted by atomic mass is 35.5. The Kier molecular flexibility index (Phi) is 5.06. The molecule has 1 aromatic carbocycles. The molecule has 2 rings (SSSR count). The molecule has 0 aliphatic carbocycles. The number of rotatable bonds is 4. The number of esters is 1. The number of nitrogens with one attached hydrogen (secondary N) is 1. The van der Waals surface area contributed by atoms with Crippen molar-refractivity contribution in [2.24, 2.45) is 5.73 Å². The van der Waals surface area contributed by atoms with Gasteiger partial charge < -0.3 is 15.5 Å². The number of nitro groups is 1. The van der Waals surface area contributed by atoms with E-state index < -0.39 is 16.9 Å². The number of methoxy groups -OCH3 is 1. The fraction of sp³-hybridized carbons (Fsp3) is 0.250. The first-order valence-corrected chi connectivity index (χ1v) is 5.61. The van der Waals surface area contributed by atoms with Crippen LogP contribution in [0.1, 0.15) is 5.56 Å². The Morgan fingerprint density at radius 1 is 1.55 bits per heavy atom. The minimum absolute atomic E-state index is 0. The van der Waals surface area contributed by atoms with Crippen molar-refractivity contribution in [2.75, 3.05) is 7.11 Å². The molecular formula is C12H14ClN3O4. The number of aromatic amines is 1. The average Bonchev–Trinajstić information content (AvgIpc) is 2.80. The maximum absolute atomic E-state index is 11.3. The second-order valence-electron chi connectivity index (χ2n) is 4.10. The number of para-hydroxylation sites is 1. The van der Waals surface area contributed by atoms with Crippen LogP contribution < -0.4 is 5.73 Å². The molecule has 0 amide bonds. The Morgan fingerprint density at radius 3 is 2.85 bits per heavy atom. The highest BCUT2D eigenvalue weighted by molar-refractivity contribution is 5.91. The predicted molar refractivity (Wildman–Crippen MR) is 75.9 cm³/mol. The first-order chi connectivity index (χ1) is 9.04. The molecular weight excluding hydrogens is 286 g/mol. The summed E-state index contributed by atoms with van der Waals surface area (Å²) >= 11 is 0. The molecule has 0 bridgehead atoms. The molecule has 1 aromatic heterocycles. The lowest BCUT2D eigenvalue weighted by atomic mass is 10.1. The second kappa shape index (κ2) is 6.36. The van der Waals surface area contributed by atoms with Gasteiger partial charge in [-0.15, -0.1) is 12.4 Å². The highest BCUT2D eigenvalue weighted by Gasteiger charge is 2.19. The number of benzene rings is 1. The molecule has 0 fully saturated rings. The molecule has 1 unspecified atom stereocenters. The normalized spacial score (nSPS) is 11.7. The Labute approximate surface area is 120 Å². The van der Waals surface area contributed by atoms with Crippen molar-refractivity contribution in [2.45, 2.75) is 12.5 Å². The molecule has 8 heteroatoms. The van der Waals surface area contributed by atoms with E-state index >= 15 is 0 Å². The molecule has 1 atom stereocenters. The molecule has 1 heterocycles. The van der Waals surface area contributed by atoms with Crippen LogP contribution in [0, 0.1) is 10.1 Å². The van der Waals surface area contributed by atoms with Crippen LogP contribution in [0.15, 0.2) is 24.4 Å². The van der Waals surface area contributed by atoms with Gasteiger partial charge in [-0.05, 0) is 5.56 Å². The van der Waals surface area contributed by atoms with Crippen LogP contribution in [0.25, 0.3) is 10.9 Å². The number of carbonyl (C=O) groups is 1. The van der Waals surface area contributed by atoms with Crippen LogP contribution in [-0.2, 0) is 16.0 Å². The van der Waals surface area contributed by atoms with Crippen LogP contribution in [-0.4, -0.2) is 29.0 Å². The van der Waals surface area contributed by atoms with E-state index in [4.69, 9.17) is 5.73 Å². The molecule has 108 valence electrons. The van der Waals surface area contributed by atoms with Crippen molar-refractivity contribution in [3.8, 4) is 0 Å². The smallest absolute Gasteiger partial charge is 0.322 e. The van der Waals surface area contributed by atoms with Gasteiger partial charge in [0, 0.05) is 24.1 Å². The first-order valence-electron chi connectivity index (χ1n) is 5.61. The Balaban J connectivity index is 0.00000200. The Morgan fingerprint density at radius 2 is 2.25 bits per heavy atom. The average molecular weight is 300 g/mol. The third-order valence-electron chi connectivity index (χ3n) is 2.92. The SMILES string of the molecule is COC(=O)C(N)Cc1c[nH]c2c([N+](=O)[O-])cccc12.Cl. The van der Waals surface area contributed by atoms with Crippen LogP contribution in [0.5, 0.6) is 0 Å². The van der Waals surface area contributed by atoms with Crippen molar-refractivity contribution in [1.82, 2.24) is 4.98 Å². The molecule has 0 aliphatic rings. The van der Waals surface area contributed by atoms with Gasteiger partial charge in [0.1, 0.15) is 11.6 Å². The zero-order chi connectivity index (χ0) is 14.0. The molecule has 0 spiro atoms. The number of nitro benzene ring substituents is 1. The Bertz CT molecular complexity index is 641. The standard InChI is InChI=1S/C12H13N3O4.ClH/c1-19-12(16)9(13)5-7-6-14-11-8(7)3-2-4-10(11)15(17)18;/h2-4,6,9,14H,5,13H2,1H3;1H. The van der Waals surface area contributed by atoms with E-state index in [2.05, 4.69) is 9.72 Å². The van der Waals surface area contributed by atoms with Crippen LogP contribution >= 0.6 is 12.4 Å². The molecule has 2 aromatic rings. The van der Waals surface area contributed by atoms with E-state index in [1.165, 1.54) is 13.2 Å². The number of carbonyl (C=O) groups excluding carboxylic acids is 1. The molecule has 0 saturated carbocycles. The maximum atomic E-state index is 11.3. The summed E-state index contributed by atoms with van der Waals surface area (Å²) in [6.45, 7) is 0. The fourth-order valence-corrected chi connectivity index (χ4v) is 1.99. The number of nitrogens with zero attached hydrogens (tertiary/aromatic N) is 1. The zero-order valence-electron chi connectivity index (χ0n) is 10.7. The number of halogens is 1. The number of hydrogen-bond donors (Lipinski definition) is 2. The van der Waals surface area contributed by atoms with Gasteiger partial charge in [0.2, 0.25) is 0 Å². The monoisotopic (exact) mass is 299 g/mol. The van der Waals surface area contributed by atoms with E-state index in [0.29, 0.717) is 10.9 Å². The van der Waals surface area contributed by atoms with E-state index in [1.807, 2.05) is 0 Å². The number of non-ortho nitro benzene ring substituents is 1. The van der Waals surface area contributed by atoms with Gasteiger partial charge in [0.05, 0.1) is 12.0 Å². The zero-order valence-corrected chi connectivity index (χ0v) is 11.5. The summed E-state index contributed by atoms with van der Waals surface area (Å²) in [4.78, 5) is 24.6. The van der Waals surface area contributed by atoms with Crippen molar-refractivity contribution in [1.29, 1.82) is 0 Å². The number of hydrogen-bond acceptors (Lipinski definition) is 5. The highest BCUT2D eigenvalue weighted by Crippen LogP contribution is 2.27. The Hall–Kier alpha value is -2.12. The number of aromatic nitrogens is 1.